The Balaban J connectivity index is 2.40. The van der Waals surface area contributed by atoms with Crippen LogP contribution >= 0.6 is 0 Å². The lowest BCUT2D eigenvalue weighted by Crippen LogP contribution is -2.10. The highest BCUT2D eigenvalue weighted by molar-refractivity contribution is 5.76. The minimum absolute atomic E-state index is 0.547. The molecule has 0 spiro atoms. The molecule has 0 amide bonds. The Kier molecular flexibility index (Phi) is 2.32. The van der Waals surface area contributed by atoms with Crippen LogP contribution in [0.2, 0.25) is 0 Å². The van der Waals surface area contributed by atoms with Crippen LogP contribution in [0.25, 0.3) is 0 Å². The summed E-state index contributed by atoms with van der Waals surface area (Å²) in [5.41, 5.74) is 2.37. The van der Waals surface area contributed by atoms with Crippen LogP contribution in [-0.4, -0.2) is 6.29 Å². The van der Waals surface area contributed by atoms with Gasteiger partial charge < -0.3 is 0 Å². The van der Waals surface area contributed by atoms with E-state index < -0.39 is 0 Å². The molecule has 2 nitrogen and oxygen atoms in total. The van der Waals surface area contributed by atoms with E-state index in [9.17, 15) is 4.79 Å². The van der Waals surface area contributed by atoms with E-state index in [-0.39, 0.29) is 0 Å². The van der Waals surface area contributed by atoms with Gasteiger partial charge in [0.2, 0.25) is 0 Å². The van der Waals surface area contributed by atoms with Crippen molar-refractivity contribution in [2.75, 3.05) is 0 Å². The summed E-state index contributed by atoms with van der Waals surface area (Å²) in [7, 11) is 0. The molecule has 2 rings (SSSR count). The van der Waals surface area contributed by atoms with Crippen molar-refractivity contribution < 1.29 is 4.79 Å². The normalized spacial score (nSPS) is 15.6. The number of carbonyl (C=O) groups is 1. The van der Waals surface area contributed by atoms with Crippen LogP contribution < -0.4 is 0 Å². The van der Waals surface area contributed by atoms with Gasteiger partial charge in [0, 0.05) is 5.56 Å². The highest BCUT2D eigenvalue weighted by Crippen LogP contribution is 2.37. The predicted molar refractivity (Wildman–Crippen MR) is 53.1 cm³/mol. The number of nitriles is 1. The number of benzene rings is 1. The van der Waals surface area contributed by atoms with Crippen LogP contribution in [0.5, 0.6) is 0 Å². The van der Waals surface area contributed by atoms with Gasteiger partial charge in [-0.2, -0.15) is 5.26 Å². The molecule has 1 aromatic carbocycles. The zero-order valence-corrected chi connectivity index (χ0v) is 7.86. The molecule has 1 aliphatic carbocycles. The Bertz CT molecular complexity index is 399. The van der Waals surface area contributed by atoms with E-state index in [0.717, 1.165) is 11.8 Å². The maximum Gasteiger partial charge on any atom is 0.150 e. The molecule has 70 valence electrons. The summed E-state index contributed by atoms with van der Waals surface area (Å²) in [6.45, 7) is 0. The van der Waals surface area contributed by atoms with E-state index in [1.807, 2.05) is 6.07 Å². The van der Waals surface area contributed by atoms with Crippen molar-refractivity contribution >= 4 is 6.29 Å². The van der Waals surface area contributed by atoms with Gasteiger partial charge in [-0.05, 0) is 30.4 Å². The molecule has 0 aromatic heterocycles. The van der Waals surface area contributed by atoms with Crippen LogP contribution in [0.3, 0.4) is 0 Å². The van der Waals surface area contributed by atoms with Crippen LogP contribution in [-0.2, 0) is 0 Å². The predicted octanol–water partition coefficient (Wildman–Crippen LogP) is 2.64. The molecule has 0 radical (unpaired) electrons. The summed E-state index contributed by atoms with van der Waals surface area (Å²) in [5.74, 6) is 0.547. The molecule has 2 heteroatoms. The second kappa shape index (κ2) is 3.63. The monoisotopic (exact) mass is 185 g/mol. The van der Waals surface area contributed by atoms with E-state index in [4.69, 9.17) is 5.26 Å². The summed E-state index contributed by atoms with van der Waals surface area (Å²) in [6, 6.07) is 7.56. The van der Waals surface area contributed by atoms with Crippen molar-refractivity contribution in [1.29, 1.82) is 5.26 Å². The quantitative estimate of drug-likeness (QED) is 0.664. The third-order valence-electron chi connectivity index (χ3n) is 2.88. The number of rotatable bonds is 2. The third kappa shape index (κ3) is 1.42. The first-order valence-corrected chi connectivity index (χ1v) is 4.84. The molecule has 1 aliphatic rings. The van der Waals surface area contributed by atoms with Gasteiger partial charge in [-0.25, -0.2) is 0 Å². The van der Waals surface area contributed by atoms with Crippen molar-refractivity contribution in [2.45, 2.75) is 25.2 Å². The Hall–Kier alpha value is -1.62. The standard InChI is InChI=1S/C12H11NO/c13-7-11-6-9(8-14)4-5-12(11)10-2-1-3-10/h4-6,8,10H,1-3H2. The average molecular weight is 185 g/mol. The Morgan fingerprint density at radius 3 is 2.71 bits per heavy atom. The molecule has 14 heavy (non-hydrogen) atoms. The van der Waals surface area contributed by atoms with Crippen molar-refractivity contribution in [3.05, 3.63) is 34.9 Å². The first kappa shape index (κ1) is 8.96. The lowest BCUT2D eigenvalue weighted by molar-refractivity contribution is 0.112. The highest BCUT2D eigenvalue weighted by atomic mass is 16.1. The third-order valence-corrected chi connectivity index (χ3v) is 2.88. The van der Waals surface area contributed by atoms with Gasteiger partial charge in [-0.3, -0.25) is 4.79 Å². The second-order valence-corrected chi connectivity index (χ2v) is 3.70. The van der Waals surface area contributed by atoms with Gasteiger partial charge in [0.15, 0.2) is 0 Å². The molecule has 0 aliphatic heterocycles. The summed E-state index contributed by atoms with van der Waals surface area (Å²) in [4.78, 5) is 10.5. The van der Waals surface area contributed by atoms with Gasteiger partial charge >= 0.3 is 0 Å². The largest absolute Gasteiger partial charge is 0.298 e. The van der Waals surface area contributed by atoms with Crippen LogP contribution in [0.15, 0.2) is 18.2 Å². The molecule has 0 bridgehead atoms. The first-order chi connectivity index (χ1) is 6.85. The minimum atomic E-state index is 0.547. The van der Waals surface area contributed by atoms with E-state index in [1.54, 1.807) is 12.1 Å². The number of aldehydes is 1. The zero-order chi connectivity index (χ0) is 9.97. The van der Waals surface area contributed by atoms with Crippen LogP contribution in [0, 0.1) is 11.3 Å². The second-order valence-electron chi connectivity index (χ2n) is 3.70. The smallest absolute Gasteiger partial charge is 0.150 e. The molecular formula is C12H11NO. The molecule has 1 aromatic rings. The van der Waals surface area contributed by atoms with E-state index >= 15 is 0 Å². The molecule has 0 N–H and O–H groups in total. The molecule has 0 saturated heterocycles. The highest BCUT2D eigenvalue weighted by Gasteiger charge is 2.22. The van der Waals surface area contributed by atoms with Gasteiger partial charge in [0.25, 0.3) is 0 Å². The number of hydrogen-bond acceptors (Lipinski definition) is 2. The van der Waals surface area contributed by atoms with Gasteiger partial charge in [-0.15, -0.1) is 0 Å². The SMILES string of the molecule is N#Cc1cc(C=O)ccc1C1CCC1. The summed E-state index contributed by atoms with van der Waals surface area (Å²) in [6.07, 6.45) is 4.39. The van der Waals surface area contributed by atoms with Crippen molar-refractivity contribution in [2.24, 2.45) is 0 Å². The van der Waals surface area contributed by atoms with E-state index in [2.05, 4.69) is 6.07 Å². The lowest BCUT2D eigenvalue weighted by Gasteiger charge is -2.26. The van der Waals surface area contributed by atoms with Gasteiger partial charge in [0.05, 0.1) is 11.6 Å². The fraction of sp³-hybridized carbons (Fsp3) is 0.333. The Morgan fingerprint density at radius 2 is 2.21 bits per heavy atom. The fourth-order valence-electron chi connectivity index (χ4n) is 1.82. The number of carbonyl (C=O) groups excluding carboxylic acids is 1. The van der Waals surface area contributed by atoms with Crippen molar-refractivity contribution in [3.8, 4) is 6.07 Å². The molecule has 0 unspecified atom stereocenters. The molecule has 1 fully saturated rings. The number of nitrogens with zero attached hydrogens (tertiary/aromatic N) is 1. The van der Waals surface area contributed by atoms with Gasteiger partial charge in [0.1, 0.15) is 6.29 Å². The molecule has 0 heterocycles. The zero-order valence-electron chi connectivity index (χ0n) is 7.86. The fourth-order valence-corrected chi connectivity index (χ4v) is 1.82. The first-order valence-electron chi connectivity index (χ1n) is 4.84. The Labute approximate surface area is 83.2 Å². The Morgan fingerprint density at radius 1 is 1.43 bits per heavy atom. The van der Waals surface area contributed by atoms with E-state index in [1.165, 1.54) is 19.3 Å². The topological polar surface area (TPSA) is 40.9 Å². The number of hydrogen-bond donors (Lipinski definition) is 0. The van der Waals surface area contributed by atoms with Crippen LogP contribution in [0.4, 0.5) is 0 Å². The van der Waals surface area contributed by atoms with Crippen molar-refractivity contribution in [1.82, 2.24) is 0 Å². The van der Waals surface area contributed by atoms with E-state index in [0.29, 0.717) is 17.0 Å². The summed E-state index contributed by atoms with van der Waals surface area (Å²) in [5, 5.41) is 8.94. The minimum Gasteiger partial charge on any atom is -0.298 e. The summed E-state index contributed by atoms with van der Waals surface area (Å²) < 4.78 is 0. The van der Waals surface area contributed by atoms with Gasteiger partial charge in [-0.1, -0.05) is 18.6 Å². The molecular weight excluding hydrogens is 174 g/mol. The lowest BCUT2D eigenvalue weighted by atomic mass is 9.78. The molecule has 0 atom stereocenters. The van der Waals surface area contributed by atoms with Crippen molar-refractivity contribution in [3.63, 3.8) is 0 Å². The average Bonchev–Trinajstić information content (AvgIpc) is 2.16. The van der Waals surface area contributed by atoms with Crippen LogP contribution in [0.1, 0.15) is 46.7 Å². The molecule has 1 saturated carbocycles. The maximum absolute atomic E-state index is 10.5. The summed E-state index contributed by atoms with van der Waals surface area (Å²) >= 11 is 0. The maximum atomic E-state index is 10.5.